The van der Waals surface area contributed by atoms with Gasteiger partial charge >= 0.3 is 5.97 Å². The van der Waals surface area contributed by atoms with Gasteiger partial charge in [0.15, 0.2) is 0 Å². The van der Waals surface area contributed by atoms with Crippen molar-refractivity contribution in [2.75, 3.05) is 19.0 Å². The van der Waals surface area contributed by atoms with Crippen molar-refractivity contribution in [2.45, 2.75) is 13.0 Å². The van der Waals surface area contributed by atoms with Gasteiger partial charge in [0.2, 0.25) is 0 Å². The second-order valence-corrected chi connectivity index (χ2v) is 3.15. The van der Waals surface area contributed by atoms with Gasteiger partial charge < -0.3 is 15.8 Å². The first-order valence-electron chi connectivity index (χ1n) is 4.86. The molecule has 82 valence electrons. The van der Waals surface area contributed by atoms with Gasteiger partial charge in [0.1, 0.15) is 0 Å². The zero-order chi connectivity index (χ0) is 11.1. The van der Waals surface area contributed by atoms with E-state index in [0.717, 1.165) is 11.3 Å². The highest BCUT2D eigenvalue weighted by Crippen LogP contribution is 2.08. The summed E-state index contributed by atoms with van der Waals surface area (Å²) in [5.74, 6) is -0.207. The Balaban J connectivity index is 2.34. The van der Waals surface area contributed by atoms with Gasteiger partial charge in [-0.2, -0.15) is 0 Å². The van der Waals surface area contributed by atoms with Crippen LogP contribution in [0.2, 0.25) is 0 Å². The average molecular weight is 208 g/mol. The van der Waals surface area contributed by atoms with Gasteiger partial charge in [0.25, 0.3) is 0 Å². The first-order valence-corrected chi connectivity index (χ1v) is 4.86. The highest BCUT2D eigenvalue weighted by Gasteiger charge is 1.98. The number of hydrogen-bond donors (Lipinski definition) is 2. The molecule has 3 N–H and O–H groups in total. The van der Waals surface area contributed by atoms with Crippen LogP contribution in [0.4, 0.5) is 5.69 Å². The van der Waals surface area contributed by atoms with Crippen molar-refractivity contribution in [1.82, 2.24) is 0 Å². The van der Waals surface area contributed by atoms with Gasteiger partial charge in [-0.3, -0.25) is 4.79 Å². The maximum Gasteiger partial charge on any atom is 0.307 e. The fourth-order valence-electron chi connectivity index (χ4n) is 1.17. The summed E-state index contributed by atoms with van der Waals surface area (Å²) in [6.07, 6.45) is 0.370. The van der Waals surface area contributed by atoms with Gasteiger partial charge in [0.05, 0.1) is 13.5 Å². The molecule has 0 aromatic heterocycles. The third-order valence-corrected chi connectivity index (χ3v) is 2.08. The number of nitrogens with two attached hydrogens (primary N) is 1. The van der Waals surface area contributed by atoms with Gasteiger partial charge in [-0.15, -0.1) is 0 Å². The summed E-state index contributed by atoms with van der Waals surface area (Å²) in [7, 11) is 1.39. The molecular formula is C11H16N2O2. The standard InChI is InChI=1S/C11H16N2O2/c1-15-11(14)6-7-13-10-4-2-9(8-12)3-5-10/h2-5,13H,6-8,12H2,1H3. The molecule has 15 heavy (non-hydrogen) atoms. The molecule has 0 saturated carbocycles. The minimum absolute atomic E-state index is 0.207. The molecule has 0 spiro atoms. The molecule has 0 fully saturated rings. The zero-order valence-corrected chi connectivity index (χ0v) is 8.82. The molecule has 0 aliphatic carbocycles. The Hall–Kier alpha value is -1.55. The number of carbonyl (C=O) groups is 1. The minimum atomic E-state index is -0.207. The third-order valence-electron chi connectivity index (χ3n) is 2.08. The van der Waals surface area contributed by atoms with Crippen LogP contribution in [0, 0.1) is 0 Å². The number of benzene rings is 1. The number of carbonyl (C=O) groups excluding carboxylic acids is 1. The Morgan fingerprint density at radius 1 is 1.40 bits per heavy atom. The van der Waals surface area contributed by atoms with Crippen molar-refractivity contribution >= 4 is 11.7 Å². The molecule has 0 atom stereocenters. The summed E-state index contributed by atoms with van der Waals surface area (Å²) < 4.78 is 4.53. The lowest BCUT2D eigenvalue weighted by atomic mass is 10.2. The first kappa shape index (κ1) is 11.5. The first-order chi connectivity index (χ1) is 7.26. The van der Waals surface area contributed by atoms with Gasteiger partial charge in [-0.1, -0.05) is 12.1 Å². The number of methoxy groups -OCH3 is 1. The van der Waals surface area contributed by atoms with Crippen LogP contribution in [0.15, 0.2) is 24.3 Å². The van der Waals surface area contributed by atoms with E-state index in [2.05, 4.69) is 10.1 Å². The number of hydrogen-bond acceptors (Lipinski definition) is 4. The number of rotatable bonds is 5. The predicted octanol–water partition coefficient (Wildman–Crippen LogP) is 1.12. The molecule has 1 aromatic carbocycles. The fraction of sp³-hybridized carbons (Fsp3) is 0.364. The quantitative estimate of drug-likeness (QED) is 0.712. The Morgan fingerprint density at radius 3 is 2.60 bits per heavy atom. The van der Waals surface area contributed by atoms with Crippen LogP contribution in [-0.4, -0.2) is 19.6 Å². The second kappa shape index (κ2) is 6.03. The zero-order valence-electron chi connectivity index (χ0n) is 8.82. The monoisotopic (exact) mass is 208 g/mol. The lowest BCUT2D eigenvalue weighted by Crippen LogP contribution is -2.09. The highest BCUT2D eigenvalue weighted by molar-refractivity contribution is 5.69. The Labute approximate surface area is 89.4 Å². The lowest BCUT2D eigenvalue weighted by Gasteiger charge is -2.05. The maximum absolute atomic E-state index is 10.8. The topological polar surface area (TPSA) is 64.3 Å². The maximum atomic E-state index is 10.8. The molecule has 4 heteroatoms. The van der Waals surface area contributed by atoms with E-state index in [9.17, 15) is 4.79 Å². The van der Waals surface area contributed by atoms with E-state index in [1.54, 1.807) is 0 Å². The minimum Gasteiger partial charge on any atom is -0.469 e. The molecule has 0 unspecified atom stereocenters. The predicted molar refractivity (Wildman–Crippen MR) is 59.5 cm³/mol. The number of ether oxygens (including phenoxy) is 1. The van der Waals surface area contributed by atoms with Crippen molar-refractivity contribution in [2.24, 2.45) is 5.73 Å². The largest absolute Gasteiger partial charge is 0.469 e. The van der Waals surface area contributed by atoms with E-state index in [-0.39, 0.29) is 5.97 Å². The second-order valence-electron chi connectivity index (χ2n) is 3.15. The molecule has 1 aromatic rings. The van der Waals surface area contributed by atoms with Crippen LogP contribution in [0.1, 0.15) is 12.0 Å². The molecule has 0 aliphatic heterocycles. The Morgan fingerprint density at radius 2 is 2.07 bits per heavy atom. The summed E-state index contributed by atoms with van der Waals surface area (Å²) in [5, 5.41) is 3.12. The van der Waals surface area contributed by atoms with Crippen molar-refractivity contribution in [1.29, 1.82) is 0 Å². The van der Waals surface area contributed by atoms with E-state index in [0.29, 0.717) is 19.5 Å². The van der Waals surface area contributed by atoms with Crippen molar-refractivity contribution in [3.63, 3.8) is 0 Å². The summed E-state index contributed by atoms with van der Waals surface area (Å²) in [4.78, 5) is 10.8. The smallest absolute Gasteiger partial charge is 0.307 e. The number of esters is 1. The lowest BCUT2D eigenvalue weighted by molar-refractivity contribution is -0.140. The van der Waals surface area contributed by atoms with Crippen molar-refractivity contribution < 1.29 is 9.53 Å². The Kier molecular flexibility index (Phi) is 4.63. The molecule has 0 heterocycles. The average Bonchev–Trinajstić information content (AvgIpc) is 2.29. The Bertz CT molecular complexity index is 309. The SMILES string of the molecule is COC(=O)CCNc1ccc(CN)cc1. The van der Waals surface area contributed by atoms with E-state index in [4.69, 9.17) is 5.73 Å². The third kappa shape index (κ3) is 3.99. The van der Waals surface area contributed by atoms with Gasteiger partial charge in [0, 0.05) is 18.8 Å². The molecule has 1 rings (SSSR count). The van der Waals surface area contributed by atoms with Crippen molar-refractivity contribution in [3.05, 3.63) is 29.8 Å². The summed E-state index contributed by atoms with van der Waals surface area (Å²) in [6.45, 7) is 1.12. The van der Waals surface area contributed by atoms with E-state index >= 15 is 0 Å². The van der Waals surface area contributed by atoms with Crippen LogP contribution >= 0.6 is 0 Å². The van der Waals surface area contributed by atoms with Gasteiger partial charge in [-0.05, 0) is 17.7 Å². The highest BCUT2D eigenvalue weighted by atomic mass is 16.5. The molecular weight excluding hydrogens is 192 g/mol. The normalized spacial score (nSPS) is 9.73. The van der Waals surface area contributed by atoms with E-state index < -0.39 is 0 Å². The van der Waals surface area contributed by atoms with Crippen LogP contribution in [-0.2, 0) is 16.1 Å². The van der Waals surface area contributed by atoms with Crippen LogP contribution in [0.3, 0.4) is 0 Å². The van der Waals surface area contributed by atoms with E-state index in [1.807, 2.05) is 24.3 Å². The van der Waals surface area contributed by atoms with Crippen molar-refractivity contribution in [3.8, 4) is 0 Å². The fourth-order valence-corrected chi connectivity index (χ4v) is 1.17. The van der Waals surface area contributed by atoms with Crippen LogP contribution < -0.4 is 11.1 Å². The summed E-state index contributed by atoms with van der Waals surface area (Å²) in [5.41, 5.74) is 7.55. The summed E-state index contributed by atoms with van der Waals surface area (Å²) in [6, 6.07) is 7.81. The molecule has 0 aliphatic rings. The van der Waals surface area contributed by atoms with Crippen LogP contribution in [0.5, 0.6) is 0 Å². The number of nitrogens with one attached hydrogen (secondary N) is 1. The molecule has 0 bridgehead atoms. The van der Waals surface area contributed by atoms with Crippen LogP contribution in [0.25, 0.3) is 0 Å². The molecule has 0 saturated heterocycles. The van der Waals surface area contributed by atoms with Gasteiger partial charge in [-0.25, -0.2) is 0 Å². The molecule has 0 amide bonds. The summed E-state index contributed by atoms with van der Waals surface area (Å²) >= 11 is 0. The molecule has 0 radical (unpaired) electrons. The molecule has 4 nitrogen and oxygen atoms in total. The number of anilines is 1. The van der Waals surface area contributed by atoms with E-state index in [1.165, 1.54) is 7.11 Å².